The van der Waals surface area contributed by atoms with Crippen LogP contribution >= 0.6 is 12.4 Å². The summed E-state index contributed by atoms with van der Waals surface area (Å²) in [5, 5.41) is 0. The van der Waals surface area contributed by atoms with Gasteiger partial charge >= 0.3 is 0 Å². The van der Waals surface area contributed by atoms with Gasteiger partial charge in [-0.25, -0.2) is 8.78 Å². The van der Waals surface area contributed by atoms with Crippen LogP contribution in [0, 0.1) is 17.6 Å². The van der Waals surface area contributed by atoms with E-state index in [1.54, 1.807) is 0 Å². The second kappa shape index (κ2) is 12.5. The number of rotatable bonds is 10. The lowest BCUT2D eigenvalue weighted by atomic mass is 9.94. The van der Waals surface area contributed by atoms with Crippen molar-refractivity contribution in [2.24, 2.45) is 11.7 Å². The molecule has 0 radical (unpaired) electrons. The number of halogens is 3. The molecule has 2 N–H and O–H groups in total. The van der Waals surface area contributed by atoms with E-state index in [9.17, 15) is 13.6 Å². The SMILES string of the molecule is Cl.NC(C(C=O)Cc1ccc(OCCOc2ccc(F)cc2F)cc1)N1CCCc2ccccc21. The van der Waals surface area contributed by atoms with Crippen LogP contribution in [0.25, 0.3) is 0 Å². The third-order valence-corrected chi connectivity index (χ3v) is 6.02. The van der Waals surface area contributed by atoms with Crippen molar-refractivity contribution in [3.63, 3.8) is 0 Å². The van der Waals surface area contributed by atoms with E-state index < -0.39 is 17.8 Å². The van der Waals surface area contributed by atoms with Gasteiger partial charge in [0.25, 0.3) is 0 Å². The highest BCUT2D eigenvalue weighted by Crippen LogP contribution is 2.29. The summed E-state index contributed by atoms with van der Waals surface area (Å²) in [6.45, 7) is 1.15. The van der Waals surface area contributed by atoms with E-state index in [1.165, 1.54) is 11.6 Å². The molecule has 0 spiro atoms. The van der Waals surface area contributed by atoms with Crippen LogP contribution in [0.2, 0.25) is 0 Å². The van der Waals surface area contributed by atoms with Crippen molar-refractivity contribution in [1.29, 1.82) is 0 Å². The number of nitrogens with zero attached hydrogens (tertiary/aromatic N) is 1. The second-order valence-corrected chi connectivity index (χ2v) is 8.34. The van der Waals surface area contributed by atoms with Gasteiger partial charge in [-0.05, 0) is 60.7 Å². The topological polar surface area (TPSA) is 64.8 Å². The van der Waals surface area contributed by atoms with Crippen molar-refractivity contribution in [3.05, 3.63) is 89.5 Å². The van der Waals surface area contributed by atoms with Gasteiger partial charge in [0.05, 0.1) is 12.1 Å². The van der Waals surface area contributed by atoms with Gasteiger partial charge in [0.15, 0.2) is 11.6 Å². The minimum atomic E-state index is -0.750. The summed E-state index contributed by atoms with van der Waals surface area (Å²) in [5.41, 5.74) is 9.91. The quantitative estimate of drug-likeness (QED) is 0.314. The average Bonchev–Trinajstić information content (AvgIpc) is 2.86. The fourth-order valence-corrected chi connectivity index (χ4v) is 4.25. The number of para-hydroxylation sites is 1. The lowest BCUT2D eigenvalue weighted by Crippen LogP contribution is -2.50. The lowest BCUT2D eigenvalue weighted by Gasteiger charge is -2.38. The largest absolute Gasteiger partial charge is 0.490 e. The smallest absolute Gasteiger partial charge is 0.167 e. The standard InChI is InChI=1S/C27H28F2N2O3.ClH/c28-22-9-12-26(24(29)17-22)34-15-14-33-23-10-7-19(8-11-23)16-21(18-32)27(30)31-13-3-5-20-4-1-2-6-25(20)31;/h1-2,4,6-12,17-18,21,27H,3,5,13-16,30H2;1H. The molecule has 1 heterocycles. The molecule has 8 heteroatoms. The number of hydrogen-bond acceptors (Lipinski definition) is 5. The lowest BCUT2D eigenvalue weighted by molar-refractivity contribution is -0.111. The maximum atomic E-state index is 13.6. The molecule has 3 aromatic carbocycles. The number of anilines is 1. The van der Waals surface area contributed by atoms with Crippen LogP contribution in [0.3, 0.4) is 0 Å². The molecule has 0 saturated heterocycles. The monoisotopic (exact) mass is 502 g/mol. The summed E-state index contributed by atoms with van der Waals surface area (Å²) >= 11 is 0. The Bertz CT molecular complexity index is 1110. The van der Waals surface area contributed by atoms with Crippen molar-refractivity contribution in [2.45, 2.75) is 25.4 Å². The van der Waals surface area contributed by atoms with Gasteiger partial charge in [0.2, 0.25) is 0 Å². The molecule has 1 aliphatic heterocycles. The van der Waals surface area contributed by atoms with E-state index >= 15 is 0 Å². The van der Waals surface area contributed by atoms with Crippen LogP contribution in [-0.2, 0) is 17.6 Å². The summed E-state index contributed by atoms with van der Waals surface area (Å²) in [5.74, 6) is -1.14. The number of carbonyl (C=O) groups is 1. The van der Waals surface area contributed by atoms with Gasteiger partial charge in [0, 0.05) is 18.3 Å². The van der Waals surface area contributed by atoms with Gasteiger partial charge in [-0.3, -0.25) is 0 Å². The third kappa shape index (κ3) is 6.71. The molecule has 0 amide bonds. The Kier molecular flexibility index (Phi) is 9.46. The molecule has 3 aromatic rings. The van der Waals surface area contributed by atoms with Crippen molar-refractivity contribution in [2.75, 3.05) is 24.7 Å². The van der Waals surface area contributed by atoms with Crippen LogP contribution in [0.15, 0.2) is 66.7 Å². The molecule has 0 aliphatic carbocycles. The number of nitrogens with two attached hydrogens (primary N) is 1. The van der Waals surface area contributed by atoms with Gasteiger partial charge < -0.3 is 24.9 Å². The molecular weight excluding hydrogens is 474 g/mol. The van der Waals surface area contributed by atoms with Crippen molar-refractivity contribution in [1.82, 2.24) is 0 Å². The van der Waals surface area contributed by atoms with E-state index in [1.807, 2.05) is 36.4 Å². The summed E-state index contributed by atoms with van der Waals surface area (Å²) in [4.78, 5) is 14.1. The Morgan fingerprint density at radius 3 is 2.49 bits per heavy atom. The molecule has 0 bridgehead atoms. The van der Waals surface area contributed by atoms with E-state index in [0.717, 1.165) is 49.1 Å². The minimum absolute atomic E-state index is 0. The van der Waals surface area contributed by atoms with Crippen LogP contribution in [0.5, 0.6) is 11.5 Å². The molecule has 0 aromatic heterocycles. The highest BCUT2D eigenvalue weighted by atomic mass is 35.5. The molecule has 0 saturated carbocycles. The van der Waals surface area contributed by atoms with Gasteiger partial charge in [0.1, 0.15) is 31.1 Å². The van der Waals surface area contributed by atoms with Crippen LogP contribution in [0.1, 0.15) is 17.5 Å². The number of fused-ring (bicyclic) bond motifs is 1. The molecular formula is C27H29ClF2N2O3. The number of benzene rings is 3. The second-order valence-electron chi connectivity index (χ2n) is 8.34. The highest BCUT2D eigenvalue weighted by molar-refractivity contribution is 5.85. The first-order chi connectivity index (χ1) is 16.5. The Morgan fingerprint density at radius 1 is 1.00 bits per heavy atom. The zero-order valence-corrected chi connectivity index (χ0v) is 20.1. The fraction of sp³-hybridized carbons (Fsp3) is 0.296. The average molecular weight is 503 g/mol. The van der Waals surface area contributed by atoms with E-state index in [0.29, 0.717) is 12.2 Å². The zero-order chi connectivity index (χ0) is 23.9. The van der Waals surface area contributed by atoms with Gasteiger partial charge in [-0.15, -0.1) is 12.4 Å². The Labute approximate surface area is 210 Å². The number of hydrogen-bond donors (Lipinski definition) is 1. The van der Waals surface area contributed by atoms with Crippen molar-refractivity contribution in [3.8, 4) is 11.5 Å². The van der Waals surface area contributed by atoms with E-state index in [2.05, 4.69) is 17.0 Å². The molecule has 1 aliphatic rings. The summed E-state index contributed by atoms with van der Waals surface area (Å²) < 4.78 is 37.5. The molecule has 186 valence electrons. The third-order valence-electron chi connectivity index (χ3n) is 6.02. The van der Waals surface area contributed by atoms with Crippen molar-refractivity contribution < 1.29 is 23.0 Å². The summed E-state index contributed by atoms with van der Waals surface area (Å²) in [7, 11) is 0. The van der Waals surface area contributed by atoms with Gasteiger partial charge in [-0.1, -0.05) is 30.3 Å². The normalized spacial score (nSPS) is 14.3. The Morgan fingerprint density at radius 2 is 1.74 bits per heavy atom. The first-order valence-corrected chi connectivity index (χ1v) is 11.4. The predicted octanol–water partition coefficient (Wildman–Crippen LogP) is 4.94. The Hall–Kier alpha value is -3.16. The maximum Gasteiger partial charge on any atom is 0.167 e. The molecule has 0 fully saturated rings. The predicted molar refractivity (Wildman–Crippen MR) is 134 cm³/mol. The summed E-state index contributed by atoms with van der Waals surface area (Å²) in [6.07, 6.45) is 3.10. The summed E-state index contributed by atoms with van der Waals surface area (Å²) in [6, 6.07) is 18.8. The highest BCUT2D eigenvalue weighted by Gasteiger charge is 2.27. The molecule has 5 nitrogen and oxygen atoms in total. The number of ether oxygens (including phenoxy) is 2. The molecule has 4 rings (SSSR count). The number of aryl methyl sites for hydroxylation is 1. The van der Waals surface area contributed by atoms with Crippen LogP contribution in [-0.4, -0.2) is 32.2 Å². The van der Waals surface area contributed by atoms with E-state index in [-0.39, 0.29) is 37.3 Å². The maximum absolute atomic E-state index is 13.6. The van der Waals surface area contributed by atoms with Crippen molar-refractivity contribution >= 4 is 24.4 Å². The van der Waals surface area contributed by atoms with E-state index in [4.69, 9.17) is 15.2 Å². The fourth-order valence-electron chi connectivity index (χ4n) is 4.25. The minimum Gasteiger partial charge on any atom is -0.490 e. The van der Waals surface area contributed by atoms with Crippen LogP contribution in [0.4, 0.5) is 14.5 Å². The first kappa shape index (κ1) is 26.4. The molecule has 2 unspecified atom stereocenters. The Balaban J connectivity index is 0.00000342. The molecule has 35 heavy (non-hydrogen) atoms. The zero-order valence-electron chi connectivity index (χ0n) is 19.2. The van der Waals surface area contributed by atoms with Crippen LogP contribution < -0.4 is 20.1 Å². The van der Waals surface area contributed by atoms with Gasteiger partial charge in [-0.2, -0.15) is 0 Å². The molecule has 2 atom stereocenters. The first-order valence-electron chi connectivity index (χ1n) is 11.4. The number of aldehydes is 1. The number of carbonyl (C=O) groups excluding carboxylic acids is 1.